The van der Waals surface area contributed by atoms with Crippen LogP contribution in [0.5, 0.6) is 0 Å². The zero-order chi connectivity index (χ0) is 15.6. The number of alkyl halides is 1. The van der Waals surface area contributed by atoms with Gasteiger partial charge in [0.05, 0.1) is 0 Å². The Hall–Kier alpha value is -0.970. The number of nitrogens with zero attached hydrogens (tertiary/aromatic N) is 1. The minimum Gasteiger partial charge on any atom is -0.479 e. The molecule has 1 amide bonds. The zero-order valence-electron chi connectivity index (χ0n) is 12.4. The number of carbonyl (C=O) groups is 2. The molecular formula is C14H24ClNO4. The second kappa shape index (κ2) is 6.20. The SMILES string of the molecule is CC(C)(C)CC(CCl)CC1(C(=O)O)CCCN1C(=O)O. The van der Waals surface area contributed by atoms with Crippen LogP contribution in [0.15, 0.2) is 0 Å². The Morgan fingerprint density at radius 3 is 2.35 bits per heavy atom. The summed E-state index contributed by atoms with van der Waals surface area (Å²) in [6, 6.07) is 0. The molecule has 1 fully saturated rings. The Labute approximate surface area is 124 Å². The number of hydrogen-bond donors (Lipinski definition) is 2. The van der Waals surface area contributed by atoms with Crippen LogP contribution in [-0.4, -0.2) is 45.1 Å². The van der Waals surface area contributed by atoms with E-state index < -0.39 is 17.6 Å². The topological polar surface area (TPSA) is 77.8 Å². The first-order chi connectivity index (χ1) is 9.12. The number of amides is 1. The largest absolute Gasteiger partial charge is 0.479 e. The predicted molar refractivity (Wildman–Crippen MR) is 77.2 cm³/mol. The van der Waals surface area contributed by atoms with Crippen LogP contribution in [0.4, 0.5) is 4.79 Å². The van der Waals surface area contributed by atoms with Gasteiger partial charge in [-0.25, -0.2) is 9.59 Å². The second-order valence-corrected chi connectivity index (χ2v) is 7.17. The monoisotopic (exact) mass is 305 g/mol. The van der Waals surface area contributed by atoms with Crippen LogP contribution in [0.25, 0.3) is 0 Å². The summed E-state index contributed by atoms with van der Waals surface area (Å²) >= 11 is 5.99. The lowest BCUT2D eigenvalue weighted by Gasteiger charge is -2.36. The number of aliphatic carboxylic acids is 1. The zero-order valence-corrected chi connectivity index (χ0v) is 13.1. The summed E-state index contributed by atoms with van der Waals surface area (Å²) in [5, 5.41) is 18.8. The van der Waals surface area contributed by atoms with Gasteiger partial charge in [0, 0.05) is 12.4 Å². The van der Waals surface area contributed by atoms with E-state index in [0.717, 1.165) is 11.3 Å². The van der Waals surface area contributed by atoms with Crippen LogP contribution in [0.2, 0.25) is 0 Å². The molecule has 0 spiro atoms. The molecule has 6 heteroatoms. The molecule has 1 saturated heterocycles. The smallest absolute Gasteiger partial charge is 0.408 e. The van der Waals surface area contributed by atoms with E-state index in [2.05, 4.69) is 20.8 Å². The summed E-state index contributed by atoms with van der Waals surface area (Å²) < 4.78 is 0. The Kier molecular flexibility index (Phi) is 5.30. The van der Waals surface area contributed by atoms with Gasteiger partial charge in [-0.1, -0.05) is 20.8 Å². The minimum atomic E-state index is -1.31. The number of hydrogen-bond acceptors (Lipinski definition) is 2. The molecule has 0 saturated carbocycles. The fraction of sp³-hybridized carbons (Fsp3) is 0.857. The standard InChI is InChI=1S/C14H24ClNO4/c1-13(2,3)7-10(9-15)8-14(11(17)18)5-4-6-16(14)12(19)20/h10H,4-9H2,1-3H3,(H,17,18)(H,19,20). The lowest BCUT2D eigenvalue weighted by molar-refractivity contribution is -0.150. The highest BCUT2D eigenvalue weighted by atomic mass is 35.5. The van der Waals surface area contributed by atoms with E-state index in [4.69, 9.17) is 11.6 Å². The van der Waals surface area contributed by atoms with Crippen molar-refractivity contribution in [2.45, 2.75) is 52.0 Å². The molecule has 116 valence electrons. The van der Waals surface area contributed by atoms with Crippen molar-refractivity contribution in [3.63, 3.8) is 0 Å². The molecule has 0 aromatic heterocycles. The van der Waals surface area contributed by atoms with E-state index in [1.807, 2.05) is 0 Å². The molecule has 2 N–H and O–H groups in total. The van der Waals surface area contributed by atoms with Crippen LogP contribution in [-0.2, 0) is 4.79 Å². The molecule has 1 heterocycles. The van der Waals surface area contributed by atoms with Gasteiger partial charge in [0.15, 0.2) is 0 Å². The van der Waals surface area contributed by atoms with Gasteiger partial charge in [-0.15, -0.1) is 11.6 Å². The number of carboxylic acids is 1. The van der Waals surface area contributed by atoms with Crippen LogP contribution in [0.3, 0.4) is 0 Å². The lowest BCUT2D eigenvalue weighted by atomic mass is 9.78. The average Bonchev–Trinajstić information content (AvgIpc) is 2.71. The third kappa shape index (κ3) is 3.78. The second-order valence-electron chi connectivity index (χ2n) is 6.86. The van der Waals surface area contributed by atoms with E-state index >= 15 is 0 Å². The van der Waals surface area contributed by atoms with Gasteiger partial charge in [-0.3, -0.25) is 4.90 Å². The maximum absolute atomic E-state index is 11.7. The molecule has 20 heavy (non-hydrogen) atoms. The molecule has 0 aromatic rings. The highest BCUT2D eigenvalue weighted by Crippen LogP contribution is 2.39. The Morgan fingerprint density at radius 2 is 1.95 bits per heavy atom. The molecule has 0 radical (unpaired) electrons. The maximum atomic E-state index is 11.7. The fourth-order valence-electron chi connectivity index (χ4n) is 3.20. The van der Waals surface area contributed by atoms with E-state index in [-0.39, 0.29) is 24.3 Å². The maximum Gasteiger partial charge on any atom is 0.408 e. The Balaban J connectivity index is 2.96. The molecule has 5 nitrogen and oxygen atoms in total. The van der Waals surface area contributed by atoms with Gasteiger partial charge in [0.2, 0.25) is 0 Å². The van der Waals surface area contributed by atoms with Crippen molar-refractivity contribution in [3.05, 3.63) is 0 Å². The molecule has 2 unspecified atom stereocenters. The third-order valence-corrected chi connectivity index (χ3v) is 4.30. The fourth-order valence-corrected chi connectivity index (χ4v) is 3.42. The number of rotatable bonds is 5. The van der Waals surface area contributed by atoms with Crippen molar-refractivity contribution in [3.8, 4) is 0 Å². The van der Waals surface area contributed by atoms with Crippen molar-refractivity contribution < 1.29 is 19.8 Å². The molecule has 2 atom stereocenters. The first kappa shape index (κ1) is 17.1. The van der Waals surface area contributed by atoms with Crippen molar-refractivity contribution in [2.75, 3.05) is 12.4 Å². The Bertz CT molecular complexity index is 380. The van der Waals surface area contributed by atoms with Crippen LogP contribution < -0.4 is 0 Å². The van der Waals surface area contributed by atoms with Crippen LogP contribution in [0, 0.1) is 11.3 Å². The molecular weight excluding hydrogens is 282 g/mol. The molecule has 1 aliphatic rings. The van der Waals surface area contributed by atoms with Crippen LogP contribution in [0.1, 0.15) is 46.5 Å². The van der Waals surface area contributed by atoms with Gasteiger partial charge >= 0.3 is 12.1 Å². The van der Waals surface area contributed by atoms with Crippen molar-refractivity contribution >= 4 is 23.7 Å². The first-order valence-electron chi connectivity index (χ1n) is 6.92. The number of halogens is 1. The number of likely N-dealkylation sites (tertiary alicyclic amines) is 1. The first-order valence-corrected chi connectivity index (χ1v) is 7.46. The Morgan fingerprint density at radius 1 is 1.35 bits per heavy atom. The van der Waals surface area contributed by atoms with Gasteiger partial charge in [0.1, 0.15) is 5.54 Å². The molecule has 0 bridgehead atoms. The van der Waals surface area contributed by atoms with Gasteiger partial charge in [-0.05, 0) is 37.0 Å². The quantitative estimate of drug-likeness (QED) is 0.764. The third-order valence-electron chi connectivity index (χ3n) is 3.86. The summed E-state index contributed by atoms with van der Waals surface area (Å²) in [4.78, 5) is 24.1. The lowest BCUT2D eigenvalue weighted by Crippen LogP contribution is -2.54. The number of carboxylic acid groups (broad SMARTS) is 2. The minimum absolute atomic E-state index is 0.00674. The van der Waals surface area contributed by atoms with E-state index in [0.29, 0.717) is 18.7 Å². The summed E-state index contributed by atoms with van der Waals surface area (Å²) in [6.45, 7) is 6.50. The van der Waals surface area contributed by atoms with Crippen LogP contribution >= 0.6 is 11.6 Å². The normalized spacial score (nSPS) is 24.7. The van der Waals surface area contributed by atoms with Crippen molar-refractivity contribution in [1.29, 1.82) is 0 Å². The van der Waals surface area contributed by atoms with Crippen molar-refractivity contribution in [1.82, 2.24) is 4.90 Å². The highest BCUT2D eigenvalue weighted by molar-refractivity contribution is 6.18. The van der Waals surface area contributed by atoms with Gasteiger partial charge in [-0.2, -0.15) is 0 Å². The van der Waals surface area contributed by atoms with Gasteiger partial charge in [0.25, 0.3) is 0 Å². The van der Waals surface area contributed by atoms with Crippen molar-refractivity contribution in [2.24, 2.45) is 11.3 Å². The summed E-state index contributed by atoms with van der Waals surface area (Å²) in [6.07, 6.45) is 0.859. The summed E-state index contributed by atoms with van der Waals surface area (Å²) in [5.41, 5.74) is -1.28. The average molecular weight is 306 g/mol. The summed E-state index contributed by atoms with van der Waals surface area (Å²) in [5.74, 6) is -0.714. The molecule has 1 aliphatic heterocycles. The molecule has 0 aliphatic carbocycles. The molecule has 0 aromatic carbocycles. The highest BCUT2D eigenvalue weighted by Gasteiger charge is 2.51. The van der Waals surface area contributed by atoms with E-state index in [9.17, 15) is 19.8 Å². The van der Waals surface area contributed by atoms with Gasteiger partial charge < -0.3 is 10.2 Å². The predicted octanol–water partition coefficient (Wildman–Crippen LogP) is 3.26. The van der Waals surface area contributed by atoms with E-state index in [1.165, 1.54) is 0 Å². The summed E-state index contributed by atoms with van der Waals surface area (Å²) in [7, 11) is 0. The van der Waals surface area contributed by atoms with E-state index in [1.54, 1.807) is 0 Å². The molecule has 1 rings (SSSR count).